The predicted molar refractivity (Wildman–Crippen MR) is 145 cm³/mol. The normalized spacial score (nSPS) is 33.0. The summed E-state index contributed by atoms with van der Waals surface area (Å²) in [5, 5.41) is 15.7. The van der Waals surface area contributed by atoms with Gasteiger partial charge in [0, 0.05) is 31.0 Å². The lowest BCUT2D eigenvalue weighted by Gasteiger charge is -2.39. The van der Waals surface area contributed by atoms with E-state index in [1.165, 1.54) is 6.42 Å². The van der Waals surface area contributed by atoms with Crippen molar-refractivity contribution in [2.24, 2.45) is 17.8 Å². The Hall–Kier alpha value is -2.06. The number of amides is 3. The Bertz CT molecular complexity index is 985. The zero-order valence-corrected chi connectivity index (χ0v) is 22.7. The third-order valence-corrected chi connectivity index (χ3v) is 11.2. The third-order valence-electron chi connectivity index (χ3n) is 9.11. The average Bonchev–Trinajstić information content (AvgIpc) is 3.50. The van der Waals surface area contributed by atoms with Gasteiger partial charge in [0.2, 0.25) is 17.7 Å². The number of carbonyl (C=O) groups excluding carboxylic acids is 3. The van der Waals surface area contributed by atoms with E-state index in [0.29, 0.717) is 19.5 Å². The molecule has 37 heavy (non-hydrogen) atoms. The highest BCUT2D eigenvalue weighted by molar-refractivity contribution is 8.02. The summed E-state index contributed by atoms with van der Waals surface area (Å²) in [5.41, 5.74) is 1.03. The molecule has 5 rings (SSSR count). The van der Waals surface area contributed by atoms with Gasteiger partial charge in [0.15, 0.2) is 0 Å². The molecule has 6 atom stereocenters. The average molecular weight is 528 g/mol. The van der Waals surface area contributed by atoms with Crippen molar-refractivity contribution >= 4 is 29.5 Å². The summed E-state index contributed by atoms with van der Waals surface area (Å²) in [6.07, 6.45) is 8.55. The number of nitrogens with zero attached hydrogens (tertiary/aromatic N) is 1. The second kappa shape index (κ2) is 11.4. The Labute approximate surface area is 224 Å². The molecule has 4 aliphatic rings. The monoisotopic (exact) mass is 527 g/mol. The maximum absolute atomic E-state index is 14.1. The number of carbonyl (C=O) groups is 3. The molecule has 3 unspecified atom stereocenters. The number of rotatable bonds is 10. The van der Waals surface area contributed by atoms with Crippen LogP contribution in [0.1, 0.15) is 70.3 Å². The van der Waals surface area contributed by atoms with E-state index in [9.17, 15) is 19.5 Å². The number of thioether (sulfide) groups is 1. The number of unbranched alkanes of at least 4 members (excludes halogenated alkanes) is 2. The molecule has 3 heterocycles. The van der Waals surface area contributed by atoms with E-state index in [1.54, 1.807) is 11.8 Å². The number of hydrogen-bond acceptors (Lipinski definition) is 5. The molecule has 3 saturated heterocycles. The highest BCUT2D eigenvalue weighted by Gasteiger charge is 2.75. The molecule has 3 N–H and O–H groups in total. The molecule has 3 amide bonds. The van der Waals surface area contributed by atoms with Gasteiger partial charge in [-0.2, -0.15) is 0 Å². The molecular weight excluding hydrogens is 486 g/mol. The van der Waals surface area contributed by atoms with Crippen LogP contribution in [0.2, 0.25) is 0 Å². The first kappa shape index (κ1) is 26.5. The van der Waals surface area contributed by atoms with Crippen molar-refractivity contribution in [2.75, 3.05) is 13.2 Å². The van der Waals surface area contributed by atoms with Gasteiger partial charge in [-0.25, -0.2) is 0 Å². The zero-order valence-electron chi connectivity index (χ0n) is 21.9. The fourth-order valence-electron chi connectivity index (χ4n) is 7.36. The Balaban J connectivity index is 1.39. The van der Waals surface area contributed by atoms with Crippen LogP contribution in [0.4, 0.5) is 0 Å². The topological polar surface area (TPSA) is 98.7 Å². The van der Waals surface area contributed by atoms with Crippen molar-refractivity contribution in [3.8, 4) is 0 Å². The van der Waals surface area contributed by atoms with Gasteiger partial charge < -0.3 is 20.6 Å². The number of nitrogens with one attached hydrogen (secondary N) is 2. The fraction of sp³-hybridized carbons (Fsp3) is 0.690. The summed E-state index contributed by atoms with van der Waals surface area (Å²) >= 11 is 1.74. The van der Waals surface area contributed by atoms with E-state index in [2.05, 4.69) is 17.6 Å². The number of fused-ring (bicyclic) bond motifs is 1. The molecule has 3 aliphatic heterocycles. The van der Waals surface area contributed by atoms with Gasteiger partial charge in [-0.05, 0) is 50.0 Å². The van der Waals surface area contributed by atoms with E-state index in [-0.39, 0.29) is 41.5 Å². The minimum Gasteiger partial charge on any atom is -0.396 e. The Kier molecular flexibility index (Phi) is 8.15. The Morgan fingerprint density at radius 3 is 2.57 bits per heavy atom. The van der Waals surface area contributed by atoms with Crippen LogP contribution in [-0.4, -0.2) is 63.0 Å². The van der Waals surface area contributed by atoms with Gasteiger partial charge in [0.05, 0.1) is 16.6 Å². The van der Waals surface area contributed by atoms with E-state index < -0.39 is 22.6 Å². The second-order valence-corrected chi connectivity index (χ2v) is 13.0. The first-order valence-corrected chi connectivity index (χ1v) is 15.1. The lowest BCUT2D eigenvalue weighted by Crippen LogP contribution is -2.58. The lowest BCUT2D eigenvalue weighted by molar-refractivity contribution is -0.140. The molecule has 2 bridgehead atoms. The van der Waals surface area contributed by atoms with Crippen molar-refractivity contribution < 1.29 is 19.5 Å². The van der Waals surface area contributed by atoms with Crippen LogP contribution >= 0.6 is 11.8 Å². The highest BCUT2D eigenvalue weighted by atomic mass is 32.2. The molecule has 0 radical (unpaired) electrons. The SMILES string of the molecule is CC1C[C@H]2SC13C(C(=O)NC1CCCCC1)N(CCCCCO)C(=O)[C@@H]3[C@H]2C(=O)NCc1ccccc1. The maximum Gasteiger partial charge on any atom is 0.244 e. The molecular formula is C29H41N3O4S. The minimum absolute atomic E-state index is 0.0322. The summed E-state index contributed by atoms with van der Waals surface area (Å²) in [5.74, 6) is -0.836. The van der Waals surface area contributed by atoms with Gasteiger partial charge in [0.25, 0.3) is 0 Å². The summed E-state index contributed by atoms with van der Waals surface area (Å²) in [6.45, 7) is 3.23. The third kappa shape index (κ3) is 4.91. The number of likely N-dealkylation sites (tertiary alicyclic amines) is 1. The van der Waals surface area contributed by atoms with Crippen molar-refractivity contribution in [1.82, 2.24) is 15.5 Å². The summed E-state index contributed by atoms with van der Waals surface area (Å²) in [7, 11) is 0. The standard InChI is InChI=1S/C29H41N3O4S/c1-19-17-22-23(26(34)30-18-20-11-5-2-6-12-20)24-28(36)32(15-9-4-10-16-33)25(29(19,24)37-22)27(35)31-21-13-7-3-8-14-21/h2,5-6,11-12,19,21-25,33H,3-4,7-10,13-18H2,1H3,(H,30,34)(H,31,35)/t19?,22-,23+,24+,25?,29?/m1/s1. The fourth-order valence-corrected chi connectivity index (χ4v) is 9.78. The van der Waals surface area contributed by atoms with Gasteiger partial charge in [-0.15, -0.1) is 11.8 Å². The summed E-state index contributed by atoms with van der Waals surface area (Å²) in [6, 6.07) is 9.46. The largest absolute Gasteiger partial charge is 0.396 e. The number of benzene rings is 1. The van der Waals surface area contributed by atoms with Gasteiger partial charge in [0.1, 0.15) is 6.04 Å². The number of aliphatic hydroxyl groups is 1. The van der Waals surface area contributed by atoms with Crippen LogP contribution < -0.4 is 10.6 Å². The van der Waals surface area contributed by atoms with Gasteiger partial charge >= 0.3 is 0 Å². The first-order chi connectivity index (χ1) is 18.0. The Morgan fingerprint density at radius 2 is 1.84 bits per heavy atom. The Morgan fingerprint density at radius 1 is 1.08 bits per heavy atom. The van der Waals surface area contributed by atoms with E-state index in [4.69, 9.17) is 0 Å². The first-order valence-electron chi connectivity index (χ1n) is 14.2. The van der Waals surface area contributed by atoms with Crippen molar-refractivity contribution in [2.45, 2.75) is 93.3 Å². The van der Waals surface area contributed by atoms with E-state index in [1.807, 2.05) is 35.2 Å². The quantitative estimate of drug-likeness (QED) is 0.406. The second-order valence-electron chi connectivity index (χ2n) is 11.4. The minimum atomic E-state index is -0.563. The predicted octanol–water partition coefficient (Wildman–Crippen LogP) is 3.25. The van der Waals surface area contributed by atoms with Crippen LogP contribution in [0, 0.1) is 17.8 Å². The zero-order chi connectivity index (χ0) is 26.0. The van der Waals surface area contributed by atoms with E-state index in [0.717, 1.165) is 50.5 Å². The van der Waals surface area contributed by atoms with Crippen molar-refractivity contribution in [3.05, 3.63) is 35.9 Å². The van der Waals surface area contributed by atoms with Gasteiger partial charge in [-0.3, -0.25) is 14.4 Å². The maximum atomic E-state index is 14.1. The smallest absolute Gasteiger partial charge is 0.244 e. The van der Waals surface area contributed by atoms with Crippen LogP contribution in [0.5, 0.6) is 0 Å². The van der Waals surface area contributed by atoms with Crippen molar-refractivity contribution in [3.63, 3.8) is 0 Å². The van der Waals surface area contributed by atoms with Crippen LogP contribution in [-0.2, 0) is 20.9 Å². The molecule has 1 saturated carbocycles. The van der Waals surface area contributed by atoms with Crippen LogP contribution in [0.15, 0.2) is 30.3 Å². The summed E-state index contributed by atoms with van der Waals surface area (Å²) in [4.78, 5) is 43.4. The van der Waals surface area contributed by atoms with Crippen LogP contribution in [0.25, 0.3) is 0 Å². The van der Waals surface area contributed by atoms with Crippen molar-refractivity contribution in [1.29, 1.82) is 0 Å². The summed E-state index contributed by atoms with van der Waals surface area (Å²) < 4.78 is -0.563. The molecule has 1 aromatic rings. The molecule has 202 valence electrons. The molecule has 0 aromatic heterocycles. The lowest BCUT2D eigenvalue weighted by atomic mass is 9.65. The van der Waals surface area contributed by atoms with Crippen LogP contribution in [0.3, 0.4) is 0 Å². The van der Waals surface area contributed by atoms with E-state index >= 15 is 0 Å². The molecule has 1 aromatic carbocycles. The molecule has 7 nitrogen and oxygen atoms in total. The molecule has 8 heteroatoms. The van der Waals surface area contributed by atoms with Gasteiger partial charge in [-0.1, -0.05) is 56.5 Å². The molecule has 1 spiro atoms. The highest BCUT2D eigenvalue weighted by Crippen LogP contribution is 2.68. The molecule has 4 fully saturated rings. The number of hydrogen-bond donors (Lipinski definition) is 3. The molecule has 1 aliphatic carbocycles. The number of aliphatic hydroxyl groups excluding tert-OH is 1.